The normalized spacial score (nSPS) is 10.6. The highest BCUT2D eigenvalue weighted by molar-refractivity contribution is 6.43. The van der Waals surface area contributed by atoms with E-state index in [1.807, 2.05) is 0 Å². The highest BCUT2D eigenvalue weighted by Crippen LogP contribution is 2.34. The molecule has 0 radical (unpaired) electrons. The van der Waals surface area contributed by atoms with Crippen LogP contribution in [0.3, 0.4) is 0 Å². The highest BCUT2D eigenvalue weighted by Gasteiger charge is 2.09. The van der Waals surface area contributed by atoms with Crippen molar-refractivity contribution in [1.82, 2.24) is 4.98 Å². The number of nitrogens with zero attached hydrogens (tertiary/aromatic N) is 1. The summed E-state index contributed by atoms with van der Waals surface area (Å²) >= 11 is 29.5. The van der Waals surface area contributed by atoms with Gasteiger partial charge in [0, 0.05) is 6.07 Å². The van der Waals surface area contributed by atoms with E-state index in [9.17, 15) is 0 Å². The van der Waals surface area contributed by atoms with Gasteiger partial charge in [-0.3, -0.25) is 0 Å². The molecule has 0 N–H and O–H groups in total. The van der Waals surface area contributed by atoms with E-state index in [-0.39, 0.29) is 6.61 Å². The van der Waals surface area contributed by atoms with Gasteiger partial charge in [0.15, 0.2) is 0 Å². The molecule has 0 bridgehead atoms. The first-order valence-electron chi connectivity index (χ1n) is 5.05. The van der Waals surface area contributed by atoms with Gasteiger partial charge in [0.2, 0.25) is 0 Å². The number of hydrogen-bond donors (Lipinski definition) is 0. The quantitative estimate of drug-likeness (QED) is 0.502. The average molecular weight is 357 g/mol. The predicted molar refractivity (Wildman–Crippen MR) is 80.1 cm³/mol. The van der Waals surface area contributed by atoms with Crippen molar-refractivity contribution in [2.45, 2.75) is 6.61 Å². The second kappa shape index (κ2) is 6.38. The summed E-state index contributed by atoms with van der Waals surface area (Å²) < 4.78 is 5.51. The van der Waals surface area contributed by atoms with Crippen molar-refractivity contribution in [3.05, 3.63) is 55.2 Å². The van der Waals surface area contributed by atoms with E-state index in [4.69, 9.17) is 62.7 Å². The van der Waals surface area contributed by atoms with E-state index in [1.54, 1.807) is 12.1 Å². The molecule has 0 aliphatic heterocycles. The lowest BCUT2D eigenvalue weighted by Crippen LogP contribution is -2.00. The number of halogens is 5. The maximum absolute atomic E-state index is 5.99. The molecule has 0 amide bonds. The van der Waals surface area contributed by atoms with Gasteiger partial charge in [0.05, 0.1) is 25.8 Å². The molecule has 0 spiro atoms. The summed E-state index contributed by atoms with van der Waals surface area (Å²) in [6.45, 7) is 0.122. The lowest BCUT2D eigenvalue weighted by Gasteiger charge is -2.10. The Morgan fingerprint density at radius 2 is 1.53 bits per heavy atom. The summed E-state index contributed by atoms with van der Waals surface area (Å²) in [6.07, 6.45) is 0. The number of pyridine rings is 1. The van der Waals surface area contributed by atoms with Crippen LogP contribution in [0.15, 0.2) is 24.3 Å². The molecule has 0 fully saturated rings. The fraction of sp³-hybridized carbons (Fsp3) is 0.0833. The molecule has 0 aliphatic carbocycles. The van der Waals surface area contributed by atoms with Crippen LogP contribution in [0.4, 0.5) is 0 Å². The molecule has 7 heteroatoms. The van der Waals surface area contributed by atoms with Crippen LogP contribution in [0.5, 0.6) is 5.75 Å². The zero-order valence-corrected chi connectivity index (χ0v) is 13.0. The zero-order chi connectivity index (χ0) is 14.0. The first-order valence-corrected chi connectivity index (χ1v) is 6.94. The number of ether oxygens (including phenoxy) is 1. The van der Waals surface area contributed by atoms with Gasteiger partial charge in [-0.1, -0.05) is 58.0 Å². The van der Waals surface area contributed by atoms with Gasteiger partial charge < -0.3 is 4.74 Å². The Labute approximate surface area is 135 Å². The molecule has 1 heterocycles. The van der Waals surface area contributed by atoms with Gasteiger partial charge in [-0.05, 0) is 18.2 Å². The largest absolute Gasteiger partial charge is 0.486 e. The number of rotatable bonds is 3. The van der Waals surface area contributed by atoms with Gasteiger partial charge in [-0.25, -0.2) is 4.98 Å². The minimum atomic E-state index is 0.122. The predicted octanol–water partition coefficient (Wildman–Crippen LogP) is 5.93. The molecule has 0 aliphatic rings. The summed E-state index contributed by atoms with van der Waals surface area (Å²) in [5, 5.41) is 1.86. The van der Waals surface area contributed by atoms with E-state index in [1.165, 1.54) is 12.1 Å². The first-order chi connectivity index (χ1) is 8.97. The third-order valence-corrected chi connectivity index (χ3v) is 3.80. The second-order valence-corrected chi connectivity index (χ2v) is 5.56. The van der Waals surface area contributed by atoms with Crippen LogP contribution in [-0.4, -0.2) is 4.98 Å². The van der Waals surface area contributed by atoms with Crippen molar-refractivity contribution in [3.8, 4) is 5.75 Å². The van der Waals surface area contributed by atoms with Crippen LogP contribution in [0.25, 0.3) is 0 Å². The van der Waals surface area contributed by atoms with Crippen molar-refractivity contribution in [1.29, 1.82) is 0 Å². The average Bonchev–Trinajstić information content (AvgIpc) is 2.36. The summed E-state index contributed by atoms with van der Waals surface area (Å²) in [6, 6.07) is 6.28. The monoisotopic (exact) mass is 355 g/mol. The molecule has 1 aromatic carbocycles. The summed E-state index contributed by atoms with van der Waals surface area (Å²) in [4.78, 5) is 4.06. The van der Waals surface area contributed by atoms with Gasteiger partial charge >= 0.3 is 0 Å². The Hall–Kier alpha value is -0.380. The number of hydrogen-bond acceptors (Lipinski definition) is 2. The lowest BCUT2D eigenvalue weighted by atomic mass is 10.3. The van der Waals surface area contributed by atoms with Crippen LogP contribution in [0.1, 0.15) is 5.69 Å². The van der Waals surface area contributed by atoms with Crippen molar-refractivity contribution < 1.29 is 4.74 Å². The van der Waals surface area contributed by atoms with E-state index < -0.39 is 0 Å². The second-order valence-electron chi connectivity index (χ2n) is 3.55. The molecular formula is C12H6Cl5NO. The Kier molecular flexibility index (Phi) is 5.04. The minimum absolute atomic E-state index is 0.122. The van der Waals surface area contributed by atoms with Crippen LogP contribution in [0, 0.1) is 0 Å². The maximum atomic E-state index is 5.99. The third kappa shape index (κ3) is 3.80. The molecular weight excluding hydrogens is 351 g/mol. The number of benzene rings is 1. The molecule has 2 aromatic rings. The van der Waals surface area contributed by atoms with E-state index in [0.29, 0.717) is 36.7 Å². The smallest absolute Gasteiger partial charge is 0.140 e. The Morgan fingerprint density at radius 3 is 2.26 bits per heavy atom. The van der Waals surface area contributed by atoms with E-state index in [2.05, 4.69) is 4.98 Å². The van der Waals surface area contributed by atoms with Crippen molar-refractivity contribution >= 4 is 58.0 Å². The molecule has 100 valence electrons. The topological polar surface area (TPSA) is 22.1 Å². The SMILES string of the molecule is Clc1ccc(Cl)c(COc2cc(Cl)c(Cl)cc2Cl)n1. The van der Waals surface area contributed by atoms with Crippen LogP contribution < -0.4 is 4.74 Å². The first kappa shape index (κ1) is 15.0. The molecule has 2 nitrogen and oxygen atoms in total. The van der Waals surface area contributed by atoms with Crippen molar-refractivity contribution in [2.75, 3.05) is 0 Å². The number of aromatic nitrogens is 1. The molecule has 19 heavy (non-hydrogen) atoms. The molecule has 1 aromatic heterocycles. The Balaban J connectivity index is 2.19. The van der Waals surface area contributed by atoms with E-state index in [0.717, 1.165) is 0 Å². The third-order valence-electron chi connectivity index (χ3n) is 2.22. The van der Waals surface area contributed by atoms with Gasteiger partial charge in [0.25, 0.3) is 0 Å². The van der Waals surface area contributed by atoms with E-state index >= 15 is 0 Å². The fourth-order valence-electron chi connectivity index (χ4n) is 1.32. The Morgan fingerprint density at radius 1 is 0.842 bits per heavy atom. The van der Waals surface area contributed by atoms with Gasteiger partial charge in [-0.15, -0.1) is 0 Å². The highest BCUT2D eigenvalue weighted by atomic mass is 35.5. The molecule has 2 rings (SSSR count). The van der Waals surface area contributed by atoms with Gasteiger partial charge in [-0.2, -0.15) is 0 Å². The molecule has 0 unspecified atom stereocenters. The van der Waals surface area contributed by atoms with Crippen LogP contribution >= 0.6 is 58.0 Å². The fourth-order valence-corrected chi connectivity index (χ4v) is 2.24. The summed E-state index contributed by atoms with van der Waals surface area (Å²) in [5.74, 6) is 0.397. The zero-order valence-electron chi connectivity index (χ0n) is 9.26. The standard InChI is InChI=1S/C12H6Cl5NO/c13-6-1-2-12(17)18-10(6)5-19-11-4-8(15)7(14)3-9(11)16/h1-4H,5H2. The molecule has 0 saturated carbocycles. The van der Waals surface area contributed by atoms with Crippen molar-refractivity contribution in [3.63, 3.8) is 0 Å². The molecule has 0 atom stereocenters. The van der Waals surface area contributed by atoms with Gasteiger partial charge in [0.1, 0.15) is 17.5 Å². The summed E-state index contributed by atoms with van der Waals surface area (Å²) in [5.41, 5.74) is 0.510. The Bertz CT molecular complexity index is 617. The van der Waals surface area contributed by atoms with Crippen molar-refractivity contribution in [2.24, 2.45) is 0 Å². The maximum Gasteiger partial charge on any atom is 0.140 e. The van der Waals surface area contributed by atoms with Crippen LogP contribution in [-0.2, 0) is 6.61 Å². The van der Waals surface area contributed by atoms with Crippen LogP contribution in [0.2, 0.25) is 25.2 Å². The molecule has 0 saturated heterocycles. The lowest BCUT2D eigenvalue weighted by molar-refractivity contribution is 0.301. The minimum Gasteiger partial charge on any atom is -0.486 e. The summed E-state index contributed by atoms with van der Waals surface area (Å²) in [7, 11) is 0.